The average Bonchev–Trinajstić information content (AvgIpc) is 2.42. The van der Waals surface area contributed by atoms with E-state index in [1.54, 1.807) is 6.92 Å². The van der Waals surface area contributed by atoms with E-state index in [9.17, 15) is 4.79 Å². The number of hydrogen-bond acceptors (Lipinski definition) is 3. The van der Waals surface area contributed by atoms with Crippen molar-refractivity contribution in [3.63, 3.8) is 0 Å². The van der Waals surface area contributed by atoms with Gasteiger partial charge in [-0.15, -0.1) is 0 Å². The van der Waals surface area contributed by atoms with Gasteiger partial charge in [0.2, 0.25) is 0 Å². The molecule has 0 aromatic carbocycles. The van der Waals surface area contributed by atoms with Gasteiger partial charge in [0.25, 0.3) is 0 Å². The number of aliphatic hydroxyl groups excluding tert-OH is 1. The van der Waals surface area contributed by atoms with E-state index < -0.39 is 5.97 Å². The third kappa shape index (κ3) is 15.5. The smallest absolute Gasteiger partial charge is 0.336 e. The lowest BCUT2D eigenvalue weighted by Gasteiger charge is -2.00. The van der Waals surface area contributed by atoms with E-state index in [2.05, 4.69) is 4.74 Å². The van der Waals surface area contributed by atoms with Gasteiger partial charge in [0, 0.05) is 6.42 Å². The van der Waals surface area contributed by atoms with Crippen LogP contribution in [0.15, 0.2) is 11.3 Å². The molecule has 0 bridgehead atoms. The Labute approximate surface area is 102 Å². The number of rotatable bonds is 2. The molecule has 16 heavy (non-hydrogen) atoms. The molecular formula is C13H30O3. The van der Waals surface area contributed by atoms with Gasteiger partial charge >= 0.3 is 5.97 Å². The predicted octanol–water partition coefficient (Wildman–Crippen LogP) is 4.48. The van der Waals surface area contributed by atoms with Crippen LogP contribution in [0.1, 0.15) is 61.8 Å². The van der Waals surface area contributed by atoms with E-state index in [1.165, 1.54) is 14.0 Å². The highest BCUT2D eigenvalue weighted by atomic mass is 16.5. The van der Waals surface area contributed by atoms with Crippen LogP contribution in [-0.2, 0) is 9.53 Å². The number of allylic oxidation sites excluding steroid dienone is 1. The molecule has 0 saturated heterocycles. The monoisotopic (exact) mass is 234 g/mol. The third-order valence-electron chi connectivity index (χ3n) is 1.26. The number of carbonyl (C=O) groups is 1. The van der Waals surface area contributed by atoms with Crippen molar-refractivity contribution in [2.45, 2.75) is 61.8 Å². The number of esters is 1. The van der Waals surface area contributed by atoms with Crippen LogP contribution in [0.2, 0.25) is 0 Å². The first-order valence-corrected chi connectivity index (χ1v) is 6.10. The molecule has 0 heterocycles. The summed E-state index contributed by atoms with van der Waals surface area (Å²) in [5.41, 5.74) is 0.282. The summed E-state index contributed by atoms with van der Waals surface area (Å²) in [5.74, 6) is -0.383. The molecule has 0 aromatic heterocycles. The molecule has 0 spiro atoms. The number of aliphatic hydroxyl groups is 1. The Morgan fingerprint density at radius 1 is 1.06 bits per heavy atom. The first kappa shape index (κ1) is 24.3. The van der Waals surface area contributed by atoms with Crippen molar-refractivity contribution in [3.05, 3.63) is 11.3 Å². The summed E-state index contributed by atoms with van der Waals surface area (Å²) in [5, 5.41) is 9.01. The Kier molecular flexibility index (Phi) is 35.9. The molecule has 3 heteroatoms. The third-order valence-corrected chi connectivity index (χ3v) is 1.26. The van der Waals surface area contributed by atoms with Crippen molar-refractivity contribution in [2.75, 3.05) is 7.11 Å². The van der Waals surface area contributed by atoms with Crippen LogP contribution in [0.5, 0.6) is 0 Å². The van der Waals surface area contributed by atoms with Crippen LogP contribution in [0.25, 0.3) is 0 Å². The maximum atomic E-state index is 10.7. The largest absolute Gasteiger partial charge is 0.512 e. The summed E-state index contributed by atoms with van der Waals surface area (Å²) in [7, 11) is 1.29. The Hall–Kier alpha value is -0.990. The molecule has 0 saturated carbocycles. The van der Waals surface area contributed by atoms with Crippen LogP contribution in [0.4, 0.5) is 0 Å². The number of methoxy groups -OCH3 is 1. The van der Waals surface area contributed by atoms with Gasteiger partial charge < -0.3 is 9.84 Å². The molecule has 3 nitrogen and oxygen atoms in total. The first-order chi connectivity index (χ1) is 7.63. The van der Waals surface area contributed by atoms with E-state index in [0.717, 1.165) is 0 Å². The standard InChI is InChI=1S/C7H12O3.3C2H6/c1-4-6(8)5(2)7(9)10-3;3*1-2/h8H,4H2,1-3H3;3*1-2H3/b6-5-;;;. The molecule has 0 fully saturated rings. The van der Waals surface area contributed by atoms with Crippen LogP contribution in [0.3, 0.4) is 0 Å². The van der Waals surface area contributed by atoms with Gasteiger partial charge in [0.15, 0.2) is 0 Å². The molecule has 1 N–H and O–H groups in total. The van der Waals surface area contributed by atoms with Gasteiger partial charge in [0.1, 0.15) is 5.76 Å². The quantitative estimate of drug-likeness (QED) is 0.435. The van der Waals surface area contributed by atoms with Crippen molar-refractivity contribution in [1.29, 1.82) is 0 Å². The summed E-state index contributed by atoms with van der Waals surface area (Å²) < 4.78 is 4.38. The molecule has 0 unspecified atom stereocenters. The number of ether oxygens (including phenoxy) is 1. The molecule has 0 rings (SSSR count). The minimum Gasteiger partial charge on any atom is -0.512 e. The Morgan fingerprint density at radius 3 is 1.56 bits per heavy atom. The van der Waals surface area contributed by atoms with E-state index >= 15 is 0 Å². The maximum Gasteiger partial charge on any atom is 0.336 e. The SMILES string of the molecule is CC.CC.CC.CC/C(O)=C(\C)C(=O)OC. The lowest BCUT2D eigenvalue weighted by molar-refractivity contribution is -0.136. The second kappa shape index (κ2) is 23.7. The molecule has 0 aliphatic rings. The minimum absolute atomic E-state index is 0.0897. The van der Waals surface area contributed by atoms with Crippen LogP contribution in [0, 0.1) is 0 Å². The minimum atomic E-state index is -0.473. The zero-order valence-electron chi connectivity index (χ0n) is 12.5. The lowest BCUT2D eigenvalue weighted by atomic mass is 10.2. The Morgan fingerprint density at radius 2 is 1.38 bits per heavy atom. The summed E-state index contributed by atoms with van der Waals surface area (Å²) >= 11 is 0. The molecule has 0 radical (unpaired) electrons. The molecule has 0 aromatic rings. The van der Waals surface area contributed by atoms with E-state index in [4.69, 9.17) is 5.11 Å². The lowest BCUT2D eigenvalue weighted by Crippen LogP contribution is -2.04. The predicted molar refractivity (Wildman–Crippen MR) is 71.7 cm³/mol. The van der Waals surface area contributed by atoms with Gasteiger partial charge in [-0.25, -0.2) is 4.79 Å². The Bertz CT molecular complexity index is 161. The highest BCUT2D eigenvalue weighted by Crippen LogP contribution is 2.05. The second-order valence-electron chi connectivity index (χ2n) is 1.92. The van der Waals surface area contributed by atoms with E-state index in [-0.39, 0.29) is 11.3 Å². The number of carbonyl (C=O) groups excluding carboxylic acids is 1. The van der Waals surface area contributed by atoms with Crippen LogP contribution in [-0.4, -0.2) is 18.2 Å². The van der Waals surface area contributed by atoms with E-state index in [1.807, 2.05) is 41.5 Å². The van der Waals surface area contributed by atoms with Gasteiger partial charge in [0.05, 0.1) is 12.7 Å². The fourth-order valence-electron chi connectivity index (χ4n) is 0.536. The van der Waals surface area contributed by atoms with Crippen molar-refractivity contribution in [1.82, 2.24) is 0 Å². The van der Waals surface area contributed by atoms with Crippen molar-refractivity contribution in [3.8, 4) is 0 Å². The number of hydrogen-bond donors (Lipinski definition) is 1. The normalized spacial score (nSPS) is 8.81. The molecule has 100 valence electrons. The fourth-order valence-corrected chi connectivity index (χ4v) is 0.536. The topological polar surface area (TPSA) is 46.5 Å². The molecule has 0 aliphatic carbocycles. The summed E-state index contributed by atoms with van der Waals surface area (Å²) in [6.07, 6.45) is 0.459. The highest BCUT2D eigenvalue weighted by Gasteiger charge is 2.07. The molecule has 0 aliphatic heterocycles. The van der Waals surface area contributed by atoms with Gasteiger partial charge in [-0.3, -0.25) is 0 Å². The summed E-state index contributed by atoms with van der Waals surface area (Å²) in [6, 6.07) is 0. The van der Waals surface area contributed by atoms with Crippen molar-refractivity contribution < 1.29 is 14.6 Å². The molecular weight excluding hydrogens is 204 g/mol. The highest BCUT2D eigenvalue weighted by molar-refractivity contribution is 5.88. The molecule has 0 atom stereocenters. The van der Waals surface area contributed by atoms with Crippen molar-refractivity contribution >= 4 is 5.97 Å². The summed E-state index contributed by atoms with van der Waals surface area (Å²) in [6.45, 7) is 15.3. The fraction of sp³-hybridized carbons (Fsp3) is 0.769. The molecule has 0 amide bonds. The van der Waals surface area contributed by atoms with E-state index in [0.29, 0.717) is 6.42 Å². The zero-order chi connectivity index (χ0) is 14.1. The van der Waals surface area contributed by atoms with Gasteiger partial charge in [-0.05, 0) is 6.92 Å². The van der Waals surface area contributed by atoms with Crippen LogP contribution < -0.4 is 0 Å². The first-order valence-electron chi connectivity index (χ1n) is 6.10. The van der Waals surface area contributed by atoms with Crippen molar-refractivity contribution in [2.24, 2.45) is 0 Å². The van der Waals surface area contributed by atoms with Gasteiger partial charge in [-0.2, -0.15) is 0 Å². The maximum absolute atomic E-state index is 10.7. The second-order valence-corrected chi connectivity index (χ2v) is 1.92. The van der Waals surface area contributed by atoms with Gasteiger partial charge in [-0.1, -0.05) is 48.5 Å². The van der Waals surface area contributed by atoms with Crippen LogP contribution >= 0.6 is 0 Å². The summed E-state index contributed by atoms with van der Waals surface area (Å²) in [4.78, 5) is 10.7. The zero-order valence-corrected chi connectivity index (χ0v) is 12.5. The Balaban J connectivity index is -0.000000103. The average molecular weight is 234 g/mol.